The maximum Gasteiger partial charge on any atom is 0.218 e. The maximum absolute atomic E-state index is 5.24. The molecule has 0 spiro atoms. The number of hydrogen-bond donors (Lipinski definition) is 2. The first-order chi connectivity index (χ1) is 10.2. The molecule has 2 rings (SSSR count). The second-order valence-electron chi connectivity index (χ2n) is 4.48. The van der Waals surface area contributed by atoms with Gasteiger partial charge in [-0.2, -0.15) is 0 Å². The predicted molar refractivity (Wildman–Crippen MR) is 102 cm³/mol. The molecule has 2 N–H and O–H groups in total. The van der Waals surface area contributed by atoms with Crippen LogP contribution in [-0.4, -0.2) is 25.1 Å². The number of nitrogens with zero attached hydrogens (tertiary/aromatic N) is 2. The van der Waals surface area contributed by atoms with E-state index in [1.165, 1.54) is 10.4 Å². The Morgan fingerprint density at radius 2 is 2.09 bits per heavy atom. The molecule has 0 aliphatic carbocycles. The first-order valence-electron chi connectivity index (χ1n) is 6.70. The quantitative estimate of drug-likeness (QED) is 0.434. The molecule has 0 unspecified atom stereocenters. The van der Waals surface area contributed by atoms with Crippen LogP contribution < -0.4 is 15.4 Å². The van der Waals surface area contributed by atoms with Gasteiger partial charge in [-0.1, -0.05) is 6.07 Å². The van der Waals surface area contributed by atoms with E-state index in [0.29, 0.717) is 12.4 Å². The van der Waals surface area contributed by atoms with Crippen molar-refractivity contribution < 1.29 is 4.74 Å². The van der Waals surface area contributed by atoms with Crippen LogP contribution in [-0.2, 0) is 13.1 Å². The number of thiophene rings is 1. The van der Waals surface area contributed by atoms with E-state index in [1.54, 1.807) is 31.7 Å². The molecular weight excluding hydrogens is 411 g/mol. The number of aromatic nitrogens is 1. The molecule has 2 aromatic rings. The maximum atomic E-state index is 5.24. The lowest BCUT2D eigenvalue weighted by molar-refractivity contribution is 0.392. The van der Waals surface area contributed by atoms with Crippen molar-refractivity contribution in [1.29, 1.82) is 0 Å². The molecular formula is C15H21IN4OS. The topological polar surface area (TPSA) is 58.5 Å². The van der Waals surface area contributed by atoms with Crippen LogP contribution >= 0.6 is 35.3 Å². The summed E-state index contributed by atoms with van der Waals surface area (Å²) < 4.78 is 5.24. The summed E-state index contributed by atoms with van der Waals surface area (Å²) in [4.78, 5) is 9.72. The number of halogens is 1. The van der Waals surface area contributed by atoms with E-state index in [2.05, 4.69) is 39.0 Å². The summed E-state index contributed by atoms with van der Waals surface area (Å²) in [5, 5.41) is 8.67. The monoisotopic (exact) mass is 432 g/mol. The highest BCUT2D eigenvalue weighted by Gasteiger charge is 2.05. The van der Waals surface area contributed by atoms with Crippen molar-refractivity contribution in [2.75, 3.05) is 14.2 Å². The Kier molecular flexibility index (Phi) is 8.18. The van der Waals surface area contributed by atoms with E-state index in [4.69, 9.17) is 4.74 Å². The normalized spacial score (nSPS) is 10.8. The van der Waals surface area contributed by atoms with E-state index >= 15 is 0 Å². The zero-order valence-electron chi connectivity index (χ0n) is 12.9. The van der Waals surface area contributed by atoms with Gasteiger partial charge in [-0.3, -0.25) is 4.99 Å². The molecule has 0 saturated carbocycles. The molecule has 7 heteroatoms. The SMILES string of the molecule is CN=C(NCc1cccnc1OC)NCc1sccc1C.I. The molecule has 2 aromatic heterocycles. The zero-order chi connectivity index (χ0) is 15.1. The van der Waals surface area contributed by atoms with Crippen molar-refractivity contribution in [2.24, 2.45) is 4.99 Å². The Balaban J connectivity index is 0.00000242. The molecule has 2 heterocycles. The smallest absolute Gasteiger partial charge is 0.218 e. The molecule has 0 radical (unpaired) electrons. The number of pyridine rings is 1. The van der Waals surface area contributed by atoms with Gasteiger partial charge in [0.15, 0.2) is 5.96 Å². The van der Waals surface area contributed by atoms with Gasteiger partial charge in [0.2, 0.25) is 5.88 Å². The van der Waals surface area contributed by atoms with Crippen molar-refractivity contribution in [3.63, 3.8) is 0 Å². The lowest BCUT2D eigenvalue weighted by Gasteiger charge is -2.13. The van der Waals surface area contributed by atoms with Gasteiger partial charge in [0.05, 0.1) is 13.7 Å². The fraction of sp³-hybridized carbons (Fsp3) is 0.333. The van der Waals surface area contributed by atoms with E-state index < -0.39 is 0 Å². The Morgan fingerprint density at radius 3 is 2.73 bits per heavy atom. The van der Waals surface area contributed by atoms with Crippen molar-refractivity contribution in [1.82, 2.24) is 15.6 Å². The van der Waals surface area contributed by atoms with Crippen LogP contribution in [0.25, 0.3) is 0 Å². The Hall–Kier alpha value is -1.35. The minimum absolute atomic E-state index is 0. The van der Waals surface area contributed by atoms with Crippen LogP contribution in [0.2, 0.25) is 0 Å². The fourth-order valence-electron chi connectivity index (χ4n) is 1.89. The number of methoxy groups -OCH3 is 1. The molecule has 0 amide bonds. The molecule has 120 valence electrons. The third-order valence-electron chi connectivity index (χ3n) is 3.10. The van der Waals surface area contributed by atoms with Crippen molar-refractivity contribution in [3.8, 4) is 5.88 Å². The average molecular weight is 432 g/mol. The van der Waals surface area contributed by atoms with E-state index in [9.17, 15) is 0 Å². The van der Waals surface area contributed by atoms with Gasteiger partial charge >= 0.3 is 0 Å². The molecule has 0 saturated heterocycles. The highest BCUT2D eigenvalue weighted by molar-refractivity contribution is 14.0. The average Bonchev–Trinajstić information content (AvgIpc) is 2.93. The summed E-state index contributed by atoms with van der Waals surface area (Å²) in [7, 11) is 3.38. The molecule has 5 nitrogen and oxygen atoms in total. The van der Waals surface area contributed by atoms with Gasteiger partial charge in [-0.05, 0) is 30.0 Å². The number of guanidine groups is 1. The number of hydrogen-bond acceptors (Lipinski definition) is 4. The summed E-state index contributed by atoms with van der Waals surface area (Å²) in [6, 6.07) is 6.00. The summed E-state index contributed by atoms with van der Waals surface area (Å²) >= 11 is 1.75. The van der Waals surface area contributed by atoms with E-state index in [-0.39, 0.29) is 24.0 Å². The first-order valence-corrected chi connectivity index (χ1v) is 7.58. The highest BCUT2D eigenvalue weighted by atomic mass is 127. The summed E-state index contributed by atoms with van der Waals surface area (Å²) in [5.74, 6) is 1.39. The van der Waals surface area contributed by atoms with Gasteiger partial charge in [-0.15, -0.1) is 35.3 Å². The van der Waals surface area contributed by atoms with Gasteiger partial charge < -0.3 is 15.4 Å². The number of aryl methyl sites for hydroxylation is 1. The standard InChI is InChI=1S/C15H20N4OS.HI/c1-11-6-8-21-13(11)10-19-15(16-2)18-9-12-5-4-7-17-14(12)20-3;/h4-8H,9-10H2,1-3H3,(H2,16,18,19);1H. The van der Waals surface area contributed by atoms with Gasteiger partial charge in [0, 0.05) is 30.2 Å². The summed E-state index contributed by atoms with van der Waals surface area (Å²) in [5.41, 5.74) is 2.30. The molecule has 0 atom stereocenters. The second kappa shape index (κ2) is 9.62. The number of nitrogens with one attached hydrogen (secondary N) is 2. The van der Waals surface area contributed by atoms with Crippen molar-refractivity contribution >= 4 is 41.3 Å². The Labute approximate surface area is 152 Å². The van der Waals surface area contributed by atoms with Crippen molar-refractivity contribution in [3.05, 3.63) is 45.8 Å². The largest absolute Gasteiger partial charge is 0.481 e. The minimum atomic E-state index is 0. The molecule has 0 aliphatic rings. The van der Waals surface area contributed by atoms with E-state index in [0.717, 1.165) is 18.1 Å². The van der Waals surface area contributed by atoms with Crippen LogP contribution in [0, 0.1) is 6.92 Å². The second-order valence-corrected chi connectivity index (χ2v) is 5.48. The van der Waals surface area contributed by atoms with Crippen LogP contribution in [0.3, 0.4) is 0 Å². The minimum Gasteiger partial charge on any atom is -0.481 e. The number of aliphatic imine (C=N–C) groups is 1. The Morgan fingerprint density at radius 1 is 1.32 bits per heavy atom. The summed E-state index contributed by atoms with van der Waals surface area (Å²) in [6.07, 6.45) is 1.72. The fourth-order valence-corrected chi connectivity index (χ4v) is 2.74. The third kappa shape index (κ3) is 5.13. The number of rotatable bonds is 5. The van der Waals surface area contributed by atoms with Crippen LogP contribution in [0.1, 0.15) is 16.0 Å². The molecule has 22 heavy (non-hydrogen) atoms. The lowest BCUT2D eigenvalue weighted by atomic mass is 10.2. The third-order valence-corrected chi connectivity index (χ3v) is 4.12. The predicted octanol–water partition coefficient (Wildman–Crippen LogP) is 2.94. The highest BCUT2D eigenvalue weighted by Crippen LogP contribution is 2.15. The summed E-state index contributed by atoms with van der Waals surface area (Å²) in [6.45, 7) is 3.50. The molecule has 0 aromatic carbocycles. The number of ether oxygens (including phenoxy) is 1. The molecule has 0 aliphatic heterocycles. The van der Waals surface area contributed by atoms with Gasteiger partial charge in [0.1, 0.15) is 0 Å². The van der Waals surface area contributed by atoms with Crippen LogP contribution in [0.15, 0.2) is 34.8 Å². The van der Waals surface area contributed by atoms with E-state index in [1.807, 2.05) is 12.1 Å². The molecule has 0 fully saturated rings. The van der Waals surface area contributed by atoms with Crippen LogP contribution in [0.5, 0.6) is 5.88 Å². The zero-order valence-corrected chi connectivity index (χ0v) is 16.1. The first kappa shape index (κ1) is 18.7. The van der Waals surface area contributed by atoms with Crippen LogP contribution in [0.4, 0.5) is 0 Å². The van der Waals surface area contributed by atoms with Gasteiger partial charge in [0.25, 0.3) is 0 Å². The Bertz CT molecular complexity index is 615. The lowest BCUT2D eigenvalue weighted by Crippen LogP contribution is -2.36. The van der Waals surface area contributed by atoms with Crippen molar-refractivity contribution in [2.45, 2.75) is 20.0 Å². The van der Waals surface area contributed by atoms with Gasteiger partial charge in [-0.25, -0.2) is 4.98 Å². The molecule has 0 bridgehead atoms.